The van der Waals surface area contributed by atoms with E-state index in [2.05, 4.69) is 11.6 Å². The van der Waals surface area contributed by atoms with E-state index in [9.17, 15) is 14.9 Å². The number of thiazole rings is 1. The van der Waals surface area contributed by atoms with Crippen LogP contribution in [0.1, 0.15) is 16.1 Å². The lowest BCUT2D eigenvalue weighted by Gasteiger charge is -2.21. The first-order valence-electron chi connectivity index (χ1n) is 8.36. The molecule has 1 amide bonds. The molecular formula is C20H17N3O3S2. The molecule has 0 saturated heterocycles. The van der Waals surface area contributed by atoms with Crippen molar-refractivity contribution in [2.24, 2.45) is 0 Å². The Morgan fingerprint density at radius 2 is 2.07 bits per heavy atom. The summed E-state index contributed by atoms with van der Waals surface area (Å²) in [4.78, 5) is 30.5. The molecule has 0 atom stereocenters. The zero-order chi connectivity index (χ0) is 20.1. The van der Waals surface area contributed by atoms with Gasteiger partial charge in [-0.15, -0.1) is 17.9 Å². The molecule has 28 heavy (non-hydrogen) atoms. The summed E-state index contributed by atoms with van der Waals surface area (Å²) in [6.45, 7) is 5.87. The molecule has 0 saturated carbocycles. The number of hydrogen-bond acceptors (Lipinski definition) is 6. The molecule has 0 aliphatic carbocycles. The van der Waals surface area contributed by atoms with E-state index in [1.807, 2.05) is 42.6 Å². The average Bonchev–Trinajstić information content (AvgIpc) is 3.11. The number of aromatic nitrogens is 1. The summed E-state index contributed by atoms with van der Waals surface area (Å²) in [5.74, 6) is -0.323. The number of rotatable bonds is 7. The Balaban J connectivity index is 1.94. The van der Waals surface area contributed by atoms with Crippen LogP contribution in [0.25, 0.3) is 0 Å². The lowest BCUT2D eigenvalue weighted by Crippen LogP contribution is -2.31. The van der Waals surface area contributed by atoms with Gasteiger partial charge in [0.25, 0.3) is 11.6 Å². The highest BCUT2D eigenvalue weighted by Crippen LogP contribution is 2.37. The second-order valence-electron chi connectivity index (χ2n) is 5.84. The van der Waals surface area contributed by atoms with E-state index in [1.165, 1.54) is 34.1 Å². The largest absolute Gasteiger partial charge is 0.305 e. The molecule has 6 nitrogen and oxygen atoms in total. The van der Waals surface area contributed by atoms with Crippen LogP contribution in [0.3, 0.4) is 0 Å². The van der Waals surface area contributed by atoms with Gasteiger partial charge in [-0.2, -0.15) is 0 Å². The molecule has 0 aliphatic rings. The minimum Gasteiger partial charge on any atom is -0.305 e. The predicted octanol–water partition coefficient (Wildman–Crippen LogP) is 5.34. The van der Waals surface area contributed by atoms with E-state index in [0.29, 0.717) is 17.1 Å². The zero-order valence-electron chi connectivity index (χ0n) is 15.1. The Morgan fingerprint density at radius 1 is 1.32 bits per heavy atom. The number of benzene rings is 2. The summed E-state index contributed by atoms with van der Waals surface area (Å²) < 4.78 is 0.720. The van der Waals surface area contributed by atoms with Crippen molar-refractivity contribution in [3.63, 3.8) is 0 Å². The van der Waals surface area contributed by atoms with E-state index in [4.69, 9.17) is 0 Å². The van der Waals surface area contributed by atoms with Crippen LogP contribution in [-0.4, -0.2) is 22.4 Å². The van der Waals surface area contributed by atoms with Crippen LogP contribution in [0.4, 0.5) is 11.4 Å². The molecule has 0 bridgehead atoms. The monoisotopic (exact) mass is 411 g/mol. The van der Waals surface area contributed by atoms with Crippen molar-refractivity contribution in [3.05, 3.63) is 87.9 Å². The van der Waals surface area contributed by atoms with Crippen molar-refractivity contribution < 1.29 is 9.72 Å². The number of para-hydroxylation sites is 1. The summed E-state index contributed by atoms with van der Waals surface area (Å²) in [5, 5.41) is 13.5. The molecule has 3 rings (SSSR count). The SMILES string of the molecule is C=CCN(C(=O)c1ccc(Sc2nc(C)cs2)c([N+](=O)[O-])c1)c1ccccc1. The van der Waals surface area contributed by atoms with Gasteiger partial charge < -0.3 is 4.90 Å². The van der Waals surface area contributed by atoms with E-state index < -0.39 is 4.92 Å². The zero-order valence-corrected chi connectivity index (χ0v) is 16.7. The van der Waals surface area contributed by atoms with E-state index >= 15 is 0 Å². The second-order valence-corrected chi connectivity index (χ2v) is 7.98. The summed E-state index contributed by atoms with van der Waals surface area (Å²) >= 11 is 2.65. The summed E-state index contributed by atoms with van der Waals surface area (Å²) in [5.41, 5.74) is 1.70. The molecule has 0 N–H and O–H groups in total. The number of nitro benzene ring substituents is 1. The normalized spacial score (nSPS) is 10.5. The van der Waals surface area contributed by atoms with E-state index in [0.717, 1.165) is 10.0 Å². The molecule has 0 aliphatic heterocycles. The number of anilines is 1. The fourth-order valence-corrected chi connectivity index (χ4v) is 4.43. The van der Waals surface area contributed by atoms with Gasteiger partial charge in [-0.05, 0) is 31.2 Å². The molecule has 2 aromatic carbocycles. The Bertz CT molecular complexity index is 1020. The molecule has 3 aromatic rings. The molecular weight excluding hydrogens is 394 g/mol. The highest BCUT2D eigenvalue weighted by Gasteiger charge is 2.22. The van der Waals surface area contributed by atoms with Gasteiger partial charge in [0, 0.05) is 34.9 Å². The maximum absolute atomic E-state index is 13.0. The van der Waals surface area contributed by atoms with E-state index in [-0.39, 0.29) is 17.2 Å². The van der Waals surface area contributed by atoms with Crippen LogP contribution < -0.4 is 4.90 Å². The minimum atomic E-state index is -0.472. The van der Waals surface area contributed by atoms with Crippen LogP contribution in [0.15, 0.2) is 75.8 Å². The van der Waals surface area contributed by atoms with Crippen molar-refractivity contribution in [3.8, 4) is 0 Å². The van der Waals surface area contributed by atoms with Crippen LogP contribution in [0.2, 0.25) is 0 Å². The van der Waals surface area contributed by atoms with Gasteiger partial charge in [-0.25, -0.2) is 4.98 Å². The highest BCUT2D eigenvalue weighted by molar-refractivity contribution is 8.01. The summed E-state index contributed by atoms with van der Waals surface area (Å²) in [6, 6.07) is 13.7. The van der Waals surface area contributed by atoms with Crippen molar-refractivity contribution in [1.29, 1.82) is 0 Å². The summed E-state index contributed by atoms with van der Waals surface area (Å²) in [7, 11) is 0. The van der Waals surface area contributed by atoms with Crippen LogP contribution in [0.5, 0.6) is 0 Å². The standard InChI is InChI=1S/C20H17N3O3S2/c1-3-11-22(16-7-5-4-6-8-16)19(24)15-9-10-18(17(12-15)23(25)26)28-20-21-14(2)13-27-20/h3-10,12-13H,1,11H2,2H3. The average molecular weight is 412 g/mol. The van der Waals surface area contributed by atoms with Gasteiger partial charge in [-0.3, -0.25) is 14.9 Å². The van der Waals surface area contributed by atoms with Crippen LogP contribution in [0, 0.1) is 17.0 Å². The Hall–Kier alpha value is -2.97. The third kappa shape index (κ3) is 4.47. The fourth-order valence-electron chi connectivity index (χ4n) is 2.55. The van der Waals surface area contributed by atoms with Crippen LogP contribution in [-0.2, 0) is 0 Å². The van der Waals surface area contributed by atoms with Crippen LogP contribution >= 0.6 is 23.1 Å². The Morgan fingerprint density at radius 3 is 2.68 bits per heavy atom. The molecule has 0 fully saturated rings. The maximum Gasteiger partial charge on any atom is 0.284 e. The number of nitrogens with zero attached hydrogens (tertiary/aromatic N) is 3. The number of aryl methyl sites for hydroxylation is 1. The lowest BCUT2D eigenvalue weighted by atomic mass is 10.1. The highest BCUT2D eigenvalue weighted by atomic mass is 32.2. The molecule has 1 heterocycles. The van der Waals surface area contributed by atoms with Crippen molar-refractivity contribution in [2.75, 3.05) is 11.4 Å². The first-order valence-corrected chi connectivity index (χ1v) is 10.1. The quantitative estimate of drug-likeness (QED) is 0.298. The van der Waals surface area contributed by atoms with Gasteiger partial charge in [0.2, 0.25) is 0 Å². The predicted molar refractivity (Wildman–Crippen MR) is 112 cm³/mol. The molecule has 0 spiro atoms. The topological polar surface area (TPSA) is 76.3 Å². The van der Waals surface area contributed by atoms with Crippen molar-refractivity contribution >= 4 is 40.4 Å². The maximum atomic E-state index is 13.0. The minimum absolute atomic E-state index is 0.115. The smallest absolute Gasteiger partial charge is 0.284 e. The number of hydrogen-bond donors (Lipinski definition) is 0. The number of nitro groups is 1. The van der Waals surface area contributed by atoms with E-state index in [1.54, 1.807) is 18.2 Å². The molecule has 142 valence electrons. The Kier molecular flexibility index (Phi) is 6.23. The first-order chi connectivity index (χ1) is 13.5. The molecule has 0 unspecified atom stereocenters. The number of amides is 1. The Labute approximate surface area is 170 Å². The molecule has 0 radical (unpaired) electrons. The van der Waals surface area contributed by atoms with Gasteiger partial charge in [0.05, 0.1) is 9.82 Å². The molecule has 8 heteroatoms. The third-order valence-electron chi connectivity index (χ3n) is 3.82. The number of carbonyl (C=O) groups excluding carboxylic acids is 1. The van der Waals surface area contributed by atoms with Gasteiger partial charge >= 0.3 is 0 Å². The van der Waals surface area contributed by atoms with Crippen molar-refractivity contribution in [1.82, 2.24) is 4.98 Å². The first kappa shape index (κ1) is 19.8. The molecule has 1 aromatic heterocycles. The van der Waals surface area contributed by atoms with Crippen molar-refractivity contribution in [2.45, 2.75) is 16.2 Å². The van der Waals surface area contributed by atoms with Gasteiger partial charge in [0.15, 0.2) is 4.34 Å². The lowest BCUT2D eigenvalue weighted by molar-refractivity contribution is -0.387. The fraction of sp³-hybridized carbons (Fsp3) is 0.100. The second kappa shape index (κ2) is 8.81. The third-order valence-corrected chi connectivity index (χ3v) is 5.94. The van der Waals surface area contributed by atoms with Gasteiger partial charge in [0.1, 0.15) is 0 Å². The summed E-state index contributed by atoms with van der Waals surface area (Å²) in [6.07, 6.45) is 1.62. The number of carbonyl (C=O) groups is 1. The van der Waals surface area contributed by atoms with Gasteiger partial charge in [-0.1, -0.05) is 36.0 Å².